The molecule has 0 heterocycles. The lowest BCUT2D eigenvalue weighted by Crippen LogP contribution is -2.64. The average molecular weight is 429 g/mol. The number of ether oxygens (including phenoxy) is 1. The highest BCUT2D eigenvalue weighted by molar-refractivity contribution is 5.66. The van der Waals surface area contributed by atoms with E-state index in [1.54, 1.807) is 20.8 Å². The Morgan fingerprint density at radius 2 is 1.57 bits per heavy atom. The first-order valence-corrected chi connectivity index (χ1v) is 10.9. The first-order chi connectivity index (χ1) is 13.5. The summed E-state index contributed by atoms with van der Waals surface area (Å²) in [5.74, 6) is -2.64. The first-order valence-electron chi connectivity index (χ1n) is 10.9. The molecule has 11 atom stereocenters. The molecule has 0 aromatic carbocycles. The van der Waals surface area contributed by atoms with Gasteiger partial charge in [0.1, 0.15) is 5.60 Å². The van der Waals surface area contributed by atoms with Crippen LogP contribution in [0.1, 0.15) is 60.3 Å². The maximum atomic E-state index is 12.1. The van der Waals surface area contributed by atoms with Gasteiger partial charge in [-0.05, 0) is 51.4 Å². The molecule has 4 fully saturated rings. The van der Waals surface area contributed by atoms with E-state index >= 15 is 0 Å². The zero-order valence-electron chi connectivity index (χ0n) is 18.4. The molecule has 0 aliphatic heterocycles. The highest BCUT2D eigenvalue weighted by Gasteiger charge is 2.80. The standard InChI is InChI=1S/C22H36O8/c1-10(23)30-17-16(26)21-8-11(19(4,27)9-21)6-7-12(21)20(5,28)14-13(24)15(25)18(2,3)22(14,17)29/h11-17,24-29H,6-9H2,1-5H3/t11-,12-,13-,14-,15-,16-,17-,19-,20-,21-,22+/m1/s1. The lowest BCUT2D eigenvalue weighted by atomic mass is 9.58. The molecule has 4 rings (SSSR count). The summed E-state index contributed by atoms with van der Waals surface area (Å²) in [5, 5.41) is 68.6. The molecule has 0 unspecified atom stereocenters. The van der Waals surface area contributed by atoms with E-state index in [9.17, 15) is 35.4 Å². The fourth-order valence-corrected chi connectivity index (χ4v) is 8.13. The van der Waals surface area contributed by atoms with Crippen LogP contribution >= 0.6 is 0 Å². The SMILES string of the molecule is CC(=O)O[C@@H]1[C@@H](O)[C@@]23C[C@@H](CC[C@@H]2[C@@](C)(O)[C@H]2[C@@H](O)[C@@H](O)C(C)(C)[C@@]12O)[C@](C)(O)C3. The smallest absolute Gasteiger partial charge is 0.303 e. The summed E-state index contributed by atoms with van der Waals surface area (Å²) in [6, 6.07) is 0. The van der Waals surface area contributed by atoms with Gasteiger partial charge in [-0.2, -0.15) is 0 Å². The van der Waals surface area contributed by atoms with Crippen LogP contribution in [0.5, 0.6) is 0 Å². The van der Waals surface area contributed by atoms with Crippen LogP contribution in [0.4, 0.5) is 0 Å². The van der Waals surface area contributed by atoms with Crippen LogP contribution in [-0.2, 0) is 9.53 Å². The predicted molar refractivity (Wildman–Crippen MR) is 105 cm³/mol. The van der Waals surface area contributed by atoms with Crippen molar-refractivity contribution >= 4 is 5.97 Å². The van der Waals surface area contributed by atoms with Crippen molar-refractivity contribution in [2.75, 3.05) is 0 Å². The molecular formula is C22H36O8. The Morgan fingerprint density at radius 3 is 2.13 bits per heavy atom. The number of fused-ring (bicyclic) bond motifs is 2. The molecule has 0 aromatic heterocycles. The summed E-state index contributed by atoms with van der Waals surface area (Å²) < 4.78 is 5.53. The fraction of sp³-hybridized carbons (Fsp3) is 0.955. The van der Waals surface area contributed by atoms with Gasteiger partial charge < -0.3 is 35.4 Å². The van der Waals surface area contributed by atoms with E-state index < -0.39 is 69.9 Å². The zero-order chi connectivity index (χ0) is 22.7. The van der Waals surface area contributed by atoms with Crippen LogP contribution in [0.15, 0.2) is 0 Å². The average Bonchev–Trinajstić information content (AvgIpc) is 2.88. The van der Waals surface area contributed by atoms with Crippen molar-refractivity contribution in [1.29, 1.82) is 0 Å². The molecule has 30 heavy (non-hydrogen) atoms. The second-order valence-electron chi connectivity index (χ2n) is 11.5. The largest absolute Gasteiger partial charge is 0.457 e. The van der Waals surface area contributed by atoms with Gasteiger partial charge in [-0.3, -0.25) is 4.79 Å². The molecule has 6 N–H and O–H groups in total. The molecule has 2 bridgehead atoms. The Hall–Kier alpha value is -0.770. The summed E-state index contributed by atoms with van der Waals surface area (Å²) in [6.07, 6.45) is -4.04. The van der Waals surface area contributed by atoms with Crippen LogP contribution in [0.3, 0.4) is 0 Å². The third-order valence-electron chi connectivity index (χ3n) is 9.54. The summed E-state index contributed by atoms with van der Waals surface area (Å²) >= 11 is 0. The minimum Gasteiger partial charge on any atom is -0.457 e. The first kappa shape index (κ1) is 22.4. The highest BCUT2D eigenvalue weighted by Crippen LogP contribution is 2.70. The van der Waals surface area contributed by atoms with Crippen molar-refractivity contribution in [2.45, 2.75) is 102 Å². The van der Waals surface area contributed by atoms with Crippen LogP contribution in [0.25, 0.3) is 0 Å². The van der Waals surface area contributed by atoms with Crippen LogP contribution in [0.2, 0.25) is 0 Å². The Morgan fingerprint density at radius 1 is 0.967 bits per heavy atom. The number of esters is 1. The summed E-state index contributed by atoms with van der Waals surface area (Å²) in [4.78, 5) is 12.0. The van der Waals surface area contributed by atoms with Crippen molar-refractivity contribution in [3.05, 3.63) is 0 Å². The van der Waals surface area contributed by atoms with Crippen LogP contribution < -0.4 is 0 Å². The number of rotatable bonds is 1. The predicted octanol–water partition coefficient (Wildman–Crippen LogP) is -0.290. The quantitative estimate of drug-likeness (QED) is 0.312. The third kappa shape index (κ3) is 2.41. The van der Waals surface area contributed by atoms with Gasteiger partial charge in [-0.15, -0.1) is 0 Å². The van der Waals surface area contributed by atoms with Crippen LogP contribution in [0, 0.1) is 28.6 Å². The minimum absolute atomic E-state index is 0.0896. The third-order valence-corrected chi connectivity index (χ3v) is 9.54. The molecule has 0 saturated heterocycles. The van der Waals surface area contributed by atoms with Crippen molar-refractivity contribution < 1.29 is 40.2 Å². The summed E-state index contributed by atoms with van der Waals surface area (Å²) in [5.41, 5.74) is -7.26. The molecule has 8 nitrogen and oxygen atoms in total. The molecule has 4 aliphatic carbocycles. The monoisotopic (exact) mass is 428 g/mol. The normalized spacial score (nSPS) is 59.2. The van der Waals surface area contributed by atoms with E-state index in [1.807, 2.05) is 0 Å². The number of aliphatic hydroxyl groups is 6. The fourth-order valence-electron chi connectivity index (χ4n) is 8.13. The highest BCUT2D eigenvalue weighted by atomic mass is 16.6. The number of hydrogen-bond donors (Lipinski definition) is 6. The second-order valence-corrected chi connectivity index (χ2v) is 11.5. The van der Waals surface area contributed by atoms with Gasteiger partial charge in [0, 0.05) is 23.7 Å². The second kappa shape index (κ2) is 6.17. The number of hydrogen-bond acceptors (Lipinski definition) is 8. The maximum Gasteiger partial charge on any atom is 0.303 e. The Balaban J connectivity index is 1.99. The van der Waals surface area contributed by atoms with Gasteiger partial charge in [0.15, 0.2) is 6.10 Å². The van der Waals surface area contributed by atoms with Gasteiger partial charge in [0.05, 0.1) is 29.5 Å². The van der Waals surface area contributed by atoms with Crippen molar-refractivity contribution in [3.63, 3.8) is 0 Å². The molecule has 0 amide bonds. The van der Waals surface area contributed by atoms with E-state index in [1.165, 1.54) is 13.8 Å². The van der Waals surface area contributed by atoms with Gasteiger partial charge in [0.2, 0.25) is 0 Å². The number of carbonyl (C=O) groups is 1. The van der Waals surface area contributed by atoms with E-state index in [0.29, 0.717) is 19.3 Å². The lowest BCUT2D eigenvalue weighted by molar-refractivity contribution is -0.232. The molecule has 4 saturated carbocycles. The van der Waals surface area contributed by atoms with E-state index in [4.69, 9.17) is 4.74 Å². The Kier molecular flexibility index (Phi) is 4.61. The molecule has 4 aliphatic rings. The van der Waals surface area contributed by atoms with Gasteiger partial charge in [-0.1, -0.05) is 13.8 Å². The molecule has 0 aromatic rings. The van der Waals surface area contributed by atoms with E-state index in [0.717, 1.165) is 0 Å². The molecule has 172 valence electrons. The molecule has 0 radical (unpaired) electrons. The number of carbonyl (C=O) groups excluding carboxylic acids is 1. The number of aliphatic hydroxyl groups excluding tert-OH is 3. The molecular weight excluding hydrogens is 392 g/mol. The summed E-state index contributed by atoms with van der Waals surface area (Å²) in [7, 11) is 0. The van der Waals surface area contributed by atoms with Gasteiger partial charge >= 0.3 is 5.97 Å². The van der Waals surface area contributed by atoms with Gasteiger partial charge in [-0.25, -0.2) is 0 Å². The van der Waals surface area contributed by atoms with Crippen molar-refractivity contribution in [2.24, 2.45) is 28.6 Å². The topological polar surface area (TPSA) is 148 Å². The van der Waals surface area contributed by atoms with Gasteiger partial charge in [0.25, 0.3) is 0 Å². The molecule has 8 heteroatoms. The zero-order valence-corrected chi connectivity index (χ0v) is 18.4. The summed E-state index contributed by atoms with van der Waals surface area (Å²) in [6.45, 7) is 7.51. The van der Waals surface area contributed by atoms with Crippen LogP contribution in [-0.4, -0.2) is 77.8 Å². The van der Waals surface area contributed by atoms with Crippen molar-refractivity contribution in [3.8, 4) is 0 Å². The van der Waals surface area contributed by atoms with Crippen molar-refractivity contribution in [1.82, 2.24) is 0 Å². The van der Waals surface area contributed by atoms with E-state index in [-0.39, 0.29) is 12.3 Å². The minimum atomic E-state index is -2.10. The Labute approximate surface area is 176 Å². The van der Waals surface area contributed by atoms with E-state index in [2.05, 4.69) is 0 Å². The molecule has 1 spiro atoms. The maximum absolute atomic E-state index is 12.1. The Bertz CT molecular complexity index is 747. The lowest BCUT2D eigenvalue weighted by Gasteiger charge is -2.50.